The number of para-hydroxylation sites is 1. The van der Waals surface area contributed by atoms with Gasteiger partial charge in [0, 0.05) is 12.6 Å². The molecular weight excluding hydrogens is 264 g/mol. The summed E-state index contributed by atoms with van der Waals surface area (Å²) in [5.74, 6) is 0.576. The summed E-state index contributed by atoms with van der Waals surface area (Å²) in [6.45, 7) is 0.553. The second-order valence-electron chi connectivity index (χ2n) is 4.65. The topological polar surface area (TPSA) is 81.7 Å². The van der Waals surface area contributed by atoms with Crippen LogP contribution >= 0.6 is 0 Å². The van der Waals surface area contributed by atoms with Crippen molar-refractivity contribution in [1.82, 2.24) is 20.2 Å². The molecule has 0 bridgehead atoms. The normalized spacial score (nSPS) is 12.0. The summed E-state index contributed by atoms with van der Waals surface area (Å²) in [6.07, 6.45) is 0. The van der Waals surface area contributed by atoms with Gasteiger partial charge < -0.3 is 11.1 Å². The van der Waals surface area contributed by atoms with Gasteiger partial charge in [0.05, 0.1) is 5.69 Å². The summed E-state index contributed by atoms with van der Waals surface area (Å²) in [7, 11) is 0. The first-order valence-electron chi connectivity index (χ1n) is 6.73. The molecule has 3 aromatic rings. The standard InChI is InChI=1S/C15H16N6/c16-14(12-7-3-1-4-8-12)11-17-15-18-19-20-21(15)13-9-5-2-6-10-13/h1-10,14H,11,16H2,(H,17,18,20). The van der Waals surface area contributed by atoms with E-state index in [0.717, 1.165) is 11.3 Å². The van der Waals surface area contributed by atoms with Gasteiger partial charge in [-0.2, -0.15) is 4.68 Å². The van der Waals surface area contributed by atoms with E-state index in [0.29, 0.717) is 12.5 Å². The maximum atomic E-state index is 6.16. The first-order chi connectivity index (χ1) is 10.3. The van der Waals surface area contributed by atoms with Crippen LogP contribution in [0.1, 0.15) is 11.6 Å². The fourth-order valence-electron chi connectivity index (χ4n) is 2.06. The molecule has 106 valence electrons. The molecule has 0 aliphatic rings. The Morgan fingerprint density at radius 3 is 2.38 bits per heavy atom. The Bertz CT molecular complexity index is 680. The van der Waals surface area contributed by atoms with Crippen LogP contribution in [-0.2, 0) is 0 Å². The highest BCUT2D eigenvalue weighted by atomic mass is 15.6. The smallest absolute Gasteiger partial charge is 0.247 e. The molecule has 2 aromatic carbocycles. The zero-order valence-corrected chi connectivity index (χ0v) is 11.4. The molecule has 3 N–H and O–H groups in total. The van der Waals surface area contributed by atoms with E-state index < -0.39 is 0 Å². The Morgan fingerprint density at radius 2 is 1.67 bits per heavy atom. The van der Waals surface area contributed by atoms with E-state index in [-0.39, 0.29) is 6.04 Å². The quantitative estimate of drug-likeness (QED) is 0.744. The van der Waals surface area contributed by atoms with E-state index in [2.05, 4.69) is 20.8 Å². The van der Waals surface area contributed by atoms with Gasteiger partial charge in [-0.3, -0.25) is 0 Å². The molecule has 0 spiro atoms. The Labute approximate surface area is 122 Å². The van der Waals surface area contributed by atoms with Crippen LogP contribution in [0.3, 0.4) is 0 Å². The minimum atomic E-state index is -0.118. The number of tetrazole rings is 1. The fourth-order valence-corrected chi connectivity index (χ4v) is 2.06. The average molecular weight is 280 g/mol. The Kier molecular flexibility index (Phi) is 3.88. The predicted octanol–water partition coefficient (Wildman–Crippen LogP) is 1.77. The molecule has 0 aliphatic carbocycles. The molecule has 0 saturated carbocycles. The molecule has 3 rings (SSSR count). The molecule has 1 aromatic heterocycles. The second-order valence-corrected chi connectivity index (χ2v) is 4.65. The molecule has 0 fully saturated rings. The monoisotopic (exact) mass is 280 g/mol. The van der Waals surface area contributed by atoms with Crippen molar-refractivity contribution in [3.05, 3.63) is 66.2 Å². The molecular formula is C15H16N6. The van der Waals surface area contributed by atoms with Crippen molar-refractivity contribution in [3.63, 3.8) is 0 Å². The van der Waals surface area contributed by atoms with Crippen LogP contribution < -0.4 is 11.1 Å². The molecule has 6 heteroatoms. The number of nitrogens with zero attached hydrogens (tertiary/aromatic N) is 4. The summed E-state index contributed by atoms with van der Waals surface area (Å²) < 4.78 is 1.65. The summed E-state index contributed by atoms with van der Waals surface area (Å²) in [6, 6.07) is 19.5. The van der Waals surface area contributed by atoms with Gasteiger partial charge in [-0.1, -0.05) is 53.6 Å². The van der Waals surface area contributed by atoms with Crippen LogP contribution in [0.15, 0.2) is 60.7 Å². The lowest BCUT2D eigenvalue weighted by molar-refractivity contribution is 0.748. The van der Waals surface area contributed by atoms with Crippen LogP contribution in [-0.4, -0.2) is 26.8 Å². The number of hydrogen-bond donors (Lipinski definition) is 2. The van der Waals surface area contributed by atoms with Crippen molar-refractivity contribution in [1.29, 1.82) is 0 Å². The van der Waals surface area contributed by atoms with Crippen LogP contribution in [0.2, 0.25) is 0 Å². The van der Waals surface area contributed by atoms with Gasteiger partial charge in [-0.15, -0.1) is 0 Å². The van der Waals surface area contributed by atoms with Gasteiger partial charge in [-0.05, 0) is 28.1 Å². The first-order valence-corrected chi connectivity index (χ1v) is 6.73. The molecule has 0 aliphatic heterocycles. The maximum absolute atomic E-state index is 6.16. The first kappa shape index (κ1) is 13.3. The van der Waals surface area contributed by atoms with Gasteiger partial charge in [0.25, 0.3) is 0 Å². The van der Waals surface area contributed by atoms with Crippen LogP contribution in [0.4, 0.5) is 5.95 Å². The van der Waals surface area contributed by atoms with Crippen molar-refractivity contribution in [2.24, 2.45) is 5.73 Å². The zero-order valence-electron chi connectivity index (χ0n) is 11.4. The number of nitrogens with two attached hydrogens (primary N) is 1. The SMILES string of the molecule is NC(CNc1nnnn1-c1ccccc1)c1ccccc1. The van der Waals surface area contributed by atoms with Gasteiger partial charge in [0.15, 0.2) is 0 Å². The molecule has 21 heavy (non-hydrogen) atoms. The zero-order chi connectivity index (χ0) is 14.5. The lowest BCUT2D eigenvalue weighted by Gasteiger charge is -2.13. The van der Waals surface area contributed by atoms with Crippen molar-refractivity contribution in [3.8, 4) is 5.69 Å². The van der Waals surface area contributed by atoms with Crippen LogP contribution in [0.5, 0.6) is 0 Å². The number of aromatic nitrogens is 4. The van der Waals surface area contributed by atoms with E-state index in [9.17, 15) is 0 Å². The number of anilines is 1. The Morgan fingerprint density at radius 1 is 1.00 bits per heavy atom. The maximum Gasteiger partial charge on any atom is 0.247 e. The van der Waals surface area contributed by atoms with E-state index in [1.54, 1.807) is 4.68 Å². The van der Waals surface area contributed by atoms with Gasteiger partial charge in [-0.25, -0.2) is 0 Å². The van der Waals surface area contributed by atoms with Crippen molar-refractivity contribution >= 4 is 5.95 Å². The van der Waals surface area contributed by atoms with Crippen molar-refractivity contribution < 1.29 is 0 Å². The average Bonchev–Trinajstić information content (AvgIpc) is 3.03. The molecule has 0 amide bonds. The fraction of sp³-hybridized carbons (Fsp3) is 0.133. The van der Waals surface area contributed by atoms with E-state index >= 15 is 0 Å². The number of benzene rings is 2. The predicted molar refractivity (Wildman–Crippen MR) is 81.0 cm³/mol. The highest BCUT2D eigenvalue weighted by Crippen LogP contribution is 2.13. The largest absolute Gasteiger partial charge is 0.351 e. The number of rotatable bonds is 5. The van der Waals surface area contributed by atoms with Crippen LogP contribution in [0, 0.1) is 0 Å². The lowest BCUT2D eigenvalue weighted by atomic mass is 10.1. The van der Waals surface area contributed by atoms with E-state index in [1.165, 1.54) is 0 Å². The third-order valence-electron chi connectivity index (χ3n) is 3.18. The molecule has 0 saturated heterocycles. The highest BCUT2D eigenvalue weighted by molar-refractivity contribution is 5.38. The number of nitrogens with one attached hydrogen (secondary N) is 1. The third kappa shape index (κ3) is 3.06. The van der Waals surface area contributed by atoms with E-state index in [1.807, 2.05) is 60.7 Å². The summed E-state index contributed by atoms with van der Waals surface area (Å²) in [4.78, 5) is 0. The summed E-state index contributed by atoms with van der Waals surface area (Å²) in [5, 5.41) is 14.9. The Balaban J connectivity index is 1.71. The lowest BCUT2D eigenvalue weighted by Crippen LogP contribution is -2.22. The van der Waals surface area contributed by atoms with E-state index in [4.69, 9.17) is 5.73 Å². The minimum Gasteiger partial charge on any atom is -0.351 e. The second kappa shape index (κ2) is 6.15. The van der Waals surface area contributed by atoms with Gasteiger partial charge >= 0.3 is 0 Å². The molecule has 6 nitrogen and oxygen atoms in total. The summed E-state index contributed by atoms with van der Waals surface area (Å²) >= 11 is 0. The molecule has 1 unspecified atom stereocenters. The molecule has 1 atom stereocenters. The molecule has 1 heterocycles. The highest BCUT2D eigenvalue weighted by Gasteiger charge is 2.10. The van der Waals surface area contributed by atoms with Crippen molar-refractivity contribution in [2.75, 3.05) is 11.9 Å². The number of hydrogen-bond acceptors (Lipinski definition) is 5. The summed E-state index contributed by atoms with van der Waals surface area (Å²) in [5.41, 5.74) is 8.13. The van der Waals surface area contributed by atoms with Gasteiger partial charge in [0.2, 0.25) is 5.95 Å². The van der Waals surface area contributed by atoms with Crippen LogP contribution in [0.25, 0.3) is 5.69 Å². The van der Waals surface area contributed by atoms with Gasteiger partial charge in [0.1, 0.15) is 0 Å². The third-order valence-corrected chi connectivity index (χ3v) is 3.18. The molecule has 0 radical (unpaired) electrons. The minimum absolute atomic E-state index is 0.118. The van der Waals surface area contributed by atoms with Crippen molar-refractivity contribution in [2.45, 2.75) is 6.04 Å². The Hall–Kier alpha value is -2.73.